The molecule has 0 spiro atoms. The van der Waals surface area contributed by atoms with Gasteiger partial charge in [-0.15, -0.1) is 0 Å². The molecule has 0 saturated carbocycles. The third-order valence-electron chi connectivity index (χ3n) is 3.63. The average molecular weight is 301 g/mol. The second kappa shape index (κ2) is 5.41. The molecule has 1 atom stereocenters. The van der Waals surface area contributed by atoms with Gasteiger partial charge in [-0.25, -0.2) is 4.98 Å². The van der Waals surface area contributed by atoms with Crippen LogP contribution in [0, 0.1) is 13.8 Å². The molecule has 0 amide bonds. The van der Waals surface area contributed by atoms with Crippen molar-refractivity contribution in [2.24, 2.45) is 0 Å². The molecule has 2 aromatic carbocycles. The van der Waals surface area contributed by atoms with Gasteiger partial charge >= 0.3 is 0 Å². The number of imidazole rings is 1. The predicted octanol–water partition coefficient (Wildman–Crippen LogP) is 4.97. The van der Waals surface area contributed by atoms with Gasteiger partial charge in [-0.1, -0.05) is 11.6 Å². The quantitative estimate of drug-likeness (QED) is 0.741. The van der Waals surface area contributed by atoms with Gasteiger partial charge in [0, 0.05) is 5.02 Å². The number of fused-ring (bicyclic) bond motifs is 1. The zero-order chi connectivity index (χ0) is 15.0. The Bertz CT molecular complexity index is 738. The van der Waals surface area contributed by atoms with Crippen molar-refractivity contribution in [1.29, 1.82) is 0 Å². The molecule has 0 aliphatic rings. The van der Waals surface area contributed by atoms with Crippen molar-refractivity contribution >= 4 is 22.6 Å². The third-order valence-corrected chi connectivity index (χ3v) is 3.88. The molecular formula is C17H17ClN2O. The Morgan fingerprint density at radius 2 is 1.76 bits per heavy atom. The van der Waals surface area contributed by atoms with Crippen LogP contribution >= 0.6 is 11.6 Å². The van der Waals surface area contributed by atoms with Crippen LogP contribution in [-0.4, -0.2) is 9.97 Å². The predicted molar refractivity (Wildman–Crippen MR) is 86.1 cm³/mol. The standard InChI is InChI=1S/C17H17ClN2O/c1-10-8-15-16(9-11(10)2)20-17(19-15)12(3)21-14-6-4-13(18)5-7-14/h4-9,12H,1-3H3,(H,19,20)/t12-/m0/s1. The number of aromatic nitrogens is 2. The van der Waals surface area contributed by atoms with E-state index >= 15 is 0 Å². The Balaban J connectivity index is 1.87. The minimum Gasteiger partial charge on any atom is -0.483 e. The van der Waals surface area contributed by atoms with E-state index in [1.165, 1.54) is 11.1 Å². The van der Waals surface area contributed by atoms with E-state index in [0.717, 1.165) is 22.6 Å². The zero-order valence-electron chi connectivity index (χ0n) is 12.3. The summed E-state index contributed by atoms with van der Waals surface area (Å²) >= 11 is 5.87. The van der Waals surface area contributed by atoms with Crippen LogP contribution in [0.3, 0.4) is 0 Å². The highest BCUT2D eigenvalue weighted by molar-refractivity contribution is 6.30. The monoisotopic (exact) mass is 300 g/mol. The number of halogens is 1. The Hall–Kier alpha value is -2.00. The second-order valence-electron chi connectivity index (χ2n) is 5.29. The van der Waals surface area contributed by atoms with Crippen LogP contribution in [0.5, 0.6) is 5.75 Å². The molecule has 0 aliphatic carbocycles. The number of aromatic amines is 1. The van der Waals surface area contributed by atoms with E-state index in [0.29, 0.717) is 5.02 Å². The van der Waals surface area contributed by atoms with E-state index in [4.69, 9.17) is 16.3 Å². The number of benzene rings is 2. The molecule has 4 heteroatoms. The molecule has 0 bridgehead atoms. The van der Waals surface area contributed by atoms with Crippen LogP contribution in [0.4, 0.5) is 0 Å². The van der Waals surface area contributed by atoms with Gasteiger partial charge in [0.25, 0.3) is 0 Å². The lowest BCUT2D eigenvalue weighted by atomic mass is 10.1. The highest BCUT2D eigenvalue weighted by Crippen LogP contribution is 2.24. The molecule has 0 fully saturated rings. The Labute approximate surface area is 128 Å². The van der Waals surface area contributed by atoms with E-state index < -0.39 is 0 Å². The molecule has 0 radical (unpaired) electrons. The largest absolute Gasteiger partial charge is 0.483 e. The molecule has 1 aromatic heterocycles. The number of nitrogens with one attached hydrogen (secondary N) is 1. The summed E-state index contributed by atoms with van der Waals surface area (Å²) in [7, 11) is 0. The lowest BCUT2D eigenvalue weighted by Crippen LogP contribution is -2.04. The summed E-state index contributed by atoms with van der Waals surface area (Å²) in [4.78, 5) is 7.95. The van der Waals surface area contributed by atoms with Crippen LogP contribution in [0.2, 0.25) is 5.02 Å². The smallest absolute Gasteiger partial charge is 0.153 e. The number of ether oxygens (including phenoxy) is 1. The van der Waals surface area contributed by atoms with E-state index in [9.17, 15) is 0 Å². The van der Waals surface area contributed by atoms with Crippen molar-refractivity contribution in [2.45, 2.75) is 26.9 Å². The molecular weight excluding hydrogens is 284 g/mol. The van der Waals surface area contributed by atoms with E-state index in [1.54, 1.807) is 0 Å². The lowest BCUT2D eigenvalue weighted by Gasteiger charge is -2.12. The summed E-state index contributed by atoms with van der Waals surface area (Å²) in [5.74, 6) is 1.60. The normalized spacial score (nSPS) is 12.6. The third kappa shape index (κ3) is 2.88. The summed E-state index contributed by atoms with van der Waals surface area (Å²) < 4.78 is 5.89. The maximum atomic E-state index is 5.89. The van der Waals surface area contributed by atoms with Gasteiger partial charge in [0.15, 0.2) is 6.10 Å². The van der Waals surface area contributed by atoms with Crippen molar-refractivity contribution in [1.82, 2.24) is 9.97 Å². The van der Waals surface area contributed by atoms with Crippen molar-refractivity contribution in [2.75, 3.05) is 0 Å². The molecule has 3 nitrogen and oxygen atoms in total. The number of hydrogen-bond donors (Lipinski definition) is 1. The van der Waals surface area contributed by atoms with Crippen LogP contribution in [0.1, 0.15) is 30.0 Å². The number of H-pyrrole nitrogens is 1. The first-order valence-corrected chi connectivity index (χ1v) is 7.30. The first-order chi connectivity index (χ1) is 10.0. The van der Waals surface area contributed by atoms with Crippen molar-refractivity contribution < 1.29 is 4.74 Å². The van der Waals surface area contributed by atoms with Gasteiger partial charge in [-0.2, -0.15) is 0 Å². The van der Waals surface area contributed by atoms with Gasteiger partial charge < -0.3 is 9.72 Å². The number of rotatable bonds is 3. The number of nitrogens with zero attached hydrogens (tertiary/aromatic N) is 1. The van der Waals surface area contributed by atoms with Crippen molar-refractivity contribution in [3.63, 3.8) is 0 Å². The molecule has 108 valence electrons. The van der Waals surface area contributed by atoms with Gasteiger partial charge in [0.1, 0.15) is 11.6 Å². The molecule has 3 aromatic rings. The lowest BCUT2D eigenvalue weighted by molar-refractivity contribution is 0.218. The van der Waals surface area contributed by atoms with Crippen LogP contribution in [0.25, 0.3) is 11.0 Å². The summed E-state index contributed by atoms with van der Waals surface area (Å²) in [6, 6.07) is 11.6. The van der Waals surface area contributed by atoms with Crippen LogP contribution < -0.4 is 4.74 Å². The summed E-state index contributed by atoms with van der Waals surface area (Å²) in [5, 5.41) is 0.699. The van der Waals surface area contributed by atoms with E-state index in [1.807, 2.05) is 31.2 Å². The van der Waals surface area contributed by atoms with Crippen molar-refractivity contribution in [3.05, 3.63) is 58.4 Å². The highest BCUT2D eigenvalue weighted by Gasteiger charge is 2.13. The maximum absolute atomic E-state index is 5.89. The van der Waals surface area contributed by atoms with Crippen molar-refractivity contribution in [3.8, 4) is 5.75 Å². The fraction of sp³-hybridized carbons (Fsp3) is 0.235. The number of aryl methyl sites for hydroxylation is 2. The molecule has 21 heavy (non-hydrogen) atoms. The van der Waals surface area contributed by atoms with Gasteiger partial charge in [0.2, 0.25) is 0 Å². The fourth-order valence-electron chi connectivity index (χ4n) is 2.25. The van der Waals surface area contributed by atoms with Gasteiger partial charge in [-0.05, 0) is 68.3 Å². The van der Waals surface area contributed by atoms with Crippen LogP contribution in [-0.2, 0) is 0 Å². The molecule has 0 aliphatic heterocycles. The Kier molecular flexibility index (Phi) is 3.60. The molecule has 1 N–H and O–H groups in total. The second-order valence-corrected chi connectivity index (χ2v) is 5.73. The number of hydrogen-bond acceptors (Lipinski definition) is 2. The Morgan fingerprint density at radius 1 is 1.10 bits per heavy atom. The first-order valence-electron chi connectivity index (χ1n) is 6.92. The van der Waals surface area contributed by atoms with Crippen LogP contribution in [0.15, 0.2) is 36.4 Å². The highest BCUT2D eigenvalue weighted by atomic mass is 35.5. The molecule has 0 saturated heterocycles. The Morgan fingerprint density at radius 3 is 2.48 bits per heavy atom. The topological polar surface area (TPSA) is 37.9 Å². The van der Waals surface area contributed by atoms with E-state index in [2.05, 4.69) is 35.9 Å². The summed E-state index contributed by atoms with van der Waals surface area (Å²) in [6.07, 6.45) is -0.154. The van der Waals surface area contributed by atoms with Gasteiger partial charge in [0.05, 0.1) is 11.0 Å². The molecule has 3 rings (SSSR count). The SMILES string of the molecule is Cc1cc2nc([C@H](C)Oc3ccc(Cl)cc3)[nH]c2cc1C. The minimum absolute atomic E-state index is 0.154. The molecule has 1 heterocycles. The first kappa shape index (κ1) is 14.0. The maximum Gasteiger partial charge on any atom is 0.153 e. The summed E-state index contributed by atoms with van der Waals surface area (Å²) in [5.41, 5.74) is 4.51. The summed E-state index contributed by atoms with van der Waals surface area (Å²) in [6.45, 7) is 6.17. The van der Waals surface area contributed by atoms with Gasteiger partial charge in [-0.3, -0.25) is 0 Å². The fourth-order valence-corrected chi connectivity index (χ4v) is 2.38. The molecule has 0 unspecified atom stereocenters. The van der Waals surface area contributed by atoms with E-state index in [-0.39, 0.29) is 6.10 Å². The zero-order valence-corrected chi connectivity index (χ0v) is 13.0. The average Bonchev–Trinajstić information content (AvgIpc) is 2.85. The minimum atomic E-state index is -0.154.